The zero-order chi connectivity index (χ0) is 22.6. The van der Waals surface area contributed by atoms with Crippen molar-refractivity contribution in [2.45, 2.75) is 44.4 Å². The van der Waals surface area contributed by atoms with Gasteiger partial charge in [-0.1, -0.05) is 0 Å². The third-order valence-corrected chi connectivity index (χ3v) is 5.94. The smallest absolute Gasteiger partial charge is 0.387 e. The van der Waals surface area contributed by atoms with E-state index in [4.69, 9.17) is 4.74 Å². The lowest BCUT2D eigenvalue weighted by Crippen LogP contribution is -2.39. The molecule has 1 amide bonds. The summed E-state index contributed by atoms with van der Waals surface area (Å²) in [4.78, 5) is 16.6. The van der Waals surface area contributed by atoms with Gasteiger partial charge in [0.05, 0.1) is 29.5 Å². The fourth-order valence-corrected chi connectivity index (χ4v) is 3.85. The molecule has 1 aliphatic carbocycles. The first-order chi connectivity index (χ1) is 14.6. The summed E-state index contributed by atoms with van der Waals surface area (Å²) in [6.45, 7) is -3.00. The largest absolute Gasteiger partial charge is 0.432 e. The summed E-state index contributed by atoms with van der Waals surface area (Å²) < 4.78 is 70.6. The van der Waals surface area contributed by atoms with Crippen molar-refractivity contribution >= 4 is 26.6 Å². The molecule has 11 heteroatoms. The van der Waals surface area contributed by atoms with E-state index in [0.717, 1.165) is 18.4 Å². The number of benzene rings is 1. The second-order valence-corrected chi connectivity index (χ2v) is 9.79. The average Bonchev–Trinajstić information content (AvgIpc) is 2.68. The number of carbonyl (C=O) groups excluding carboxylic acids is 1. The summed E-state index contributed by atoms with van der Waals surface area (Å²) in [5, 5.41) is 3.19. The van der Waals surface area contributed by atoms with Gasteiger partial charge < -0.3 is 14.8 Å². The maximum absolute atomic E-state index is 13.9. The van der Waals surface area contributed by atoms with E-state index in [0.29, 0.717) is 25.7 Å². The van der Waals surface area contributed by atoms with Gasteiger partial charge in [0.15, 0.2) is 11.6 Å². The Labute approximate surface area is 177 Å². The minimum atomic E-state index is -3.16. The Hall–Kier alpha value is -2.40. The SMILES string of the molecule is CS(=O)(=O)CCOC1CCC(NC(=O)c2cnc3cc(OC(F)F)c(F)cc3c2)CC1. The minimum Gasteiger partial charge on any atom is -0.432 e. The number of rotatable bonds is 8. The molecule has 0 spiro atoms. The third-order valence-electron chi connectivity index (χ3n) is 5.03. The lowest BCUT2D eigenvalue weighted by molar-refractivity contribution is -0.0520. The van der Waals surface area contributed by atoms with Gasteiger partial charge in [-0.05, 0) is 37.8 Å². The van der Waals surface area contributed by atoms with Crippen molar-refractivity contribution in [3.05, 3.63) is 35.8 Å². The molecule has 0 saturated heterocycles. The normalized spacial score (nSPS) is 19.5. The molecule has 3 rings (SSSR count). The van der Waals surface area contributed by atoms with Gasteiger partial charge in [-0.2, -0.15) is 8.78 Å². The van der Waals surface area contributed by atoms with Crippen LogP contribution in [-0.4, -0.2) is 56.7 Å². The lowest BCUT2D eigenvalue weighted by atomic mass is 9.92. The van der Waals surface area contributed by atoms with Gasteiger partial charge in [0.2, 0.25) is 0 Å². The molecule has 0 radical (unpaired) electrons. The van der Waals surface area contributed by atoms with Gasteiger partial charge in [0.25, 0.3) is 5.91 Å². The van der Waals surface area contributed by atoms with Crippen LogP contribution >= 0.6 is 0 Å². The molecule has 0 bridgehead atoms. The predicted octanol–water partition coefficient (Wildman–Crippen LogP) is 3.08. The van der Waals surface area contributed by atoms with Gasteiger partial charge in [-0.15, -0.1) is 0 Å². The molecule has 31 heavy (non-hydrogen) atoms. The topological polar surface area (TPSA) is 94.6 Å². The summed E-state index contributed by atoms with van der Waals surface area (Å²) in [6, 6.07) is 3.42. The maximum atomic E-state index is 13.9. The van der Waals surface area contributed by atoms with Crippen LogP contribution in [0.15, 0.2) is 24.4 Å². The van der Waals surface area contributed by atoms with Crippen LogP contribution in [0.5, 0.6) is 5.75 Å². The first-order valence-corrected chi connectivity index (χ1v) is 11.8. The van der Waals surface area contributed by atoms with Crippen molar-refractivity contribution in [3.63, 3.8) is 0 Å². The zero-order valence-electron chi connectivity index (χ0n) is 16.8. The number of fused-ring (bicyclic) bond motifs is 1. The highest BCUT2D eigenvalue weighted by Crippen LogP contribution is 2.26. The fourth-order valence-electron chi connectivity index (χ4n) is 3.45. The number of nitrogens with zero attached hydrogens (tertiary/aromatic N) is 1. The van der Waals surface area contributed by atoms with Crippen molar-refractivity contribution in [2.75, 3.05) is 18.6 Å². The number of aromatic nitrogens is 1. The number of amides is 1. The monoisotopic (exact) mass is 460 g/mol. The summed E-state index contributed by atoms with van der Waals surface area (Å²) in [5.74, 6) is -1.97. The fraction of sp³-hybridized carbons (Fsp3) is 0.500. The number of halogens is 3. The molecule has 1 aromatic carbocycles. The number of pyridine rings is 1. The molecule has 7 nitrogen and oxygen atoms in total. The number of hydrogen-bond acceptors (Lipinski definition) is 6. The Morgan fingerprint density at radius 3 is 2.58 bits per heavy atom. The lowest BCUT2D eigenvalue weighted by Gasteiger charge is -2.29. The van der Waals surface area contributed by atoms with E-state index in [-0.39, 0.29) is 46.9 Å². The van der Waals surface area contributed by atoms with Gasteiger partial charge in [-0.3, -0.25) is 9.78 Å². The van der Waals surface area contributed by atoms with E-state index in [1.165, 1.54) is 12.3 Å². The molecule has 0 unspecified atom stereocenters. The standard InChI is InChI=1S/C20H23F3N2O5S/c1-31(27,28)7-6-29-15-4-2-14(3-5-15)25-19(26)13-8-12-9-16(21)18(30-20(22)23)10-17(12)24-11-13/h8-11,14-15,20H,2-7H2,1H3,(H,25,26). The molecule has 1 fully saturated rings. The van der Waals surface area contributed by atoms with Crippen molar-refractivity contribution in [1.82, 2.24) is 10.3 Å². The Balaban J connectivity index is 1.56. The van der Waals surface area contributed by atoms with Gasteiger partial charge in [0.1, 0.15) is 9.84 Å². The number of carbonyl (C=O) groups is 1. The van der Waals surface area contributed by atoms with E-state index >= 15 is 0 Å². The minimum absolute atomic E-state index is 0.0189. The molecule has 170 valence electrons. The first kappa shape index (κ1) is 23.3. The Morgan fingerprint density at radius 1 is 1.23 bits per heavy atom. The summed E-state index contributed by atoms with van der Waals surface area (Å²) in [5.41, 5.74) is 0.446. The van der Waals surface area contributed by atoms with E-state index in [2.05, 4.69) is 15.0 Å². The van der Waals surface area contributed by atoms with Crippen LogP contribution in [0.2, 0.25) is 0 Å². The average molecular weight is 460 g/mol. The summed E-state index contributed by atoms with van der Waals surface area (Å²) >= 11 is 0. The molecule has 1 aliphatic rings. The van der Waals surface area contributed by atoms with Crippen molar-refractivity contribution < 1.29 is 35.9 Å². The highest BCUT2D eigenvalue weighted by atomic mass is 32.2. The van der Waals surface area contributed by atoms with Crippen LogP contribution in [0.3, 0.4) is 0 Å². The zero-order valence-corrected chi connectivity index (χ0v) is 17.6. The Kier molecular flexibility index (Phi) is 7.37. The van der Waals surface area contributed by atoms with Crippen LogP contribution in [0.4, 0.5) is 13.2 Å². The van der Waals surface area contributed by atoms with Gasteiger partial charge in [-0.25, -0.2) is 12.8 Å². The van der Waals surface area contributed by atoms with E-state index in [1.54, 1.807) is 0 Å². The highest BCUT2D eigenvalue weighted by Gasteiger charge is 2.24. The van der Waals surface area contributed by atoms with Crippen LogP contribution < -0.4 is 10.1 Å². The van der Waals surface area contributed by atoms with Gasteiger partial charge >= 0.3 is 6.61 Å². The Morgan fingerprint density at radius 2 is 1.94 bits per heavy atom. The Bertz CT molecular complexity index is 1040. The van der Waals surface area contributed by atoms with Crippen LogP contribution in [0, 0.1) is 5.82 Å². The maximum Gasteiger partial charge on any atom is 0.387 e. The molecule has 2 aromatic rings. The quantitative estimate of drug-likeness (QED) is 0.651. The molecule has 0 atom stereocenters. The predicted molar refractivity (Wildman–Crippen MR) is 108 cm³/mol. The van der Waals surface area contributed by atoms with Crippen LogP contribution in [0.25, 0.3) is 10.9 Å². The molecular weight excluding hydrogens is 437 g/mol. The molecule has 1 heterocycles. The summed E-state index contributed by atoms with van der Waals surface area (Å²) in [7, 11) is -3.06. The molecular formula is C20H23F3N2O5S. The van der Waals surface area contributed by atoms with Crippen molar-refractivity contribution in [1.29, 1.82) is 0 Å². The van der Waals surface area contributed by atoms with Crippen LogP contribution in [0.1, 0.15) is 36.0 Å². The van der Waals surface area contributed by atoms with Crippen molar-refractivity contribution in [3.8, 4) is 5.75 Å². The first-order valence-electron chi connectivity index (χ1n) is 9.75. The number of nitrogens with one attached hydrogen (secondary N) is 1. The summed E-state index contributed by atoms with van der Waals surface area (Å²) in [6.07, 6.45) is 5.17. The third kappa shape index (κ3) is 6.79. The molecule has 1 aromatic heterocycles. The second-order valence-electron chi connectivity index (χ2n) is 7.53. The van der Waals surface area contributed by atoms with Crippen LogP contribution in [-0.2, 0) is 14.6 Å². The molecule has 0 aliphatic heterocycles. The van der Waals surface area contributed by atoms with Gasteiger partial charge in [0, 0.05) is 29.9 Å². The highest BCUT2D eigenvalue weighted by molar-refractivity contribution is 7.90. The number of hydrogen-bond donors (Lipinski definition) is 1. The van der Waals surface area contributed by atoms with Crippen molar-refractivity contribution in [2.24, 2.45) is 0 Å². The number of ether oxygens (including phenoxy) is 2. The molecule has 1 N–H and O–H groups in total. The van der Waals surface area contributed by atoms with E-state index in [1.807, 2.05) is 0 Å². The number of alkyl halides is 2. The number of sulfone groups is 1. The van der Waals surface area contributed by atoms with E-state index in [9.17, 15) is 26.4 Å². The van der Waals surface area contributed by atoms with E-state index < -0.39 is 28.0 Å². The molecule has 1 saturated carbocycles. The second kappa shape index (κ2) is 9.82.